The summed E-state index contributed by atoms with van der Waals surface area (Å²) in [5, 5.41) is 9.82. The summed E-state index contributed by atoms with van der Waals surface area (Å²) in [4.78, 5) is 14.3. The lowest BCUT2D eigenvalue weighted by atomic mass is 9.77. The van der Waals surface area contributed by atoms with Crippen molar-refractivity contribution in [3.63, 3.8) is 0 Å². The minimum atomic E-state index is -0.645. The summed E-state index contributed by atoms with van der Waals surface area (Å²) in [5.74, 6) is -0.639. The molecule has 0 unspecified atom stereocenters. The summed E-state index contributed by atoms with van der Waals surface area (Å²) in [7, 11) is 0. The predicted molar refractivity (Wildman–Crippen MR) is 80.3 cm³/mol. The summed E-state index contributed by atoms with van der Waals surface area (Å²) in [5.41, 5.74) is 1.57. The van der Waals surface area contributed by atoms with Crippen molar-refractivity contribution in [1.29, 1.82) is 0 Å². The van der Waals surface area contributed by atoms with E-state index in [1.807, 2.05) is 18.2 Å². The Kier molecular flexibility index (Phi) is 3.68. The molecular weight excluding hydrogens is 250 g/mol. The van der Waals surface area contributed by atoms with Crippen LogP contribution in [0.5, 0.6) is 0 Å². The van der Waals surface area contributed by atoms with Crippen molar-refractivity contribution in [3.8, 4) is 0 Å². The molecule has 3 nitrogen and oxygen atoms in total. The van der Waals surface area contributed by atoms with Gasteiger partial charge in [-0.15, -0.1) is 0 Å². The van der Waals surface area contributed by atoms with E-state index in [-0.39, 0.29) is 0 Å². The van der Waals surface area contributed by atoms with Crippen LogP contribution in [0, 0.1) is 0 Å². The van der Waals surface area contributed by atoms with Crippen molar-refractivity contribution in [1.82, 2.24) is 0 Å². The van der Waals surface area contributed by atoms with Crippen LogP contribution in [-0.4, -0.2) is 24.2 Å². The third kappa shape index (κ3) is 2.19. The Morgan fingerprint density at radius 1 is 1.00 bits per heavy atom. The van der Waals surface area contributed by atoms with Crippen LogP contribution < -0.4 is 4.90 Å². The molecule has 3 rings (SSSR count). The highest BCUT2D eigenvalue weighted by molar-refractivity contribution is 5.84. The number of aliphatic carboxylic acids is 1. The molecule has 1 aromatic rings. The number of hydrogen-bond acceptors (Lipinski definition) is 2. The van der Waals surface area contributed by atoms with E-state index in [0.29, 0.717) is 0 Å². The topological polar surface area (TPSA) is 40.5 Å². The Morgan fingerprint density at radius 3 is 2.30 bits per heavy atom. The summed E-state index contributed by atoms with van der Waals surface area (Å²) in [6.45, 7) is 2.12. The second-order valence-electron chi connectivity index (χ2n) is 6.16. The first-order chi connectivity index (χ1) is 9.74. The van der Waals surface area contributed by atoms with E-state index in [4.69, 9.17) is 0 Å². The first-order valence-corrected chi connectivity index (χ1v) is 7.82. The van der Waals surface area contributed by atoms with Gasteiger partial charge >= 0.3 is 5.97 Å². The lowest BCUT2D eigenvalue weighted by Crippen LogP contribution is -2.37. The van der Waals surface area contributed by atoms with Gasteiger partial charge in [0.2, 0.25) is 0 Å². The fourth-order valence-corrected chi connectivity index (χ4v) is 3.87. The quantitative estimate of drug-likeness (QED) is 0.915. The number of para-hydroxylation sites is 1. The van der Waals surface area contributed by atoms with Crippen LogP contribution in [-0.2, 0) is 10.2 Å². The van der Waals surface area contributed by atoms with Crippen molar-refractivity contribution in [2.24, 2.45) is 0 Å². The average Bonchev–Trinajstić information content (AvgIpc) is 2.99. The lowest BCUT2D eigenvalue weighted by molar-refractivity contribution is -0.143. The molecule has 1 saturated heterocycles. The molecule has 1 aliphatic carbocycles. The summed E-state index contributed by atoms with van der Waals surface area (Å²) in [6.07, 6.45) is 7.35. The van der Waals surface area contributed by atoms with Crippen LogP contribution in [0.15, 0.2) is 24.3 Å². The number of benzene rings is 1. The molecule has 1 N–H and O–H groups in total. The largest absolute Gasteiger partial charge is 0.481 e. The van der Waals surface area contributed by atoms with Crippen molar-refractivity contribution >= 4 is 11.7 Å². The second kappa shape index (κ2) is 5.47. The maximum atomic E-state index is 11.9. The Hall–Kier alpha value is -1.51. The van der Waals surface area contributed by atoms with E-state index in [9.17, 15) is 9.90 Å². The SMILES string of the molecule is O=C(O)C1(c2ccccc2N2CCCCC2)CCCC1. The molecule has 108 valence electrons. The van der Waals surface area contributed by atoms with E-state index < -0.39 is 11.4 Å². The van der Waals surface area contributed by atoms with Gasteiger partial charge in [0.1, 0.15) is 0 Å². The minimum Gasteiger partial charge on any atom is -0.481 e. The highest BCUT2D eigenvalue weighted by Crippen LogP contribution is 2.45. The maximum Gasteiger partial charge on any atom is 0.314 e. The van der Waals surface area contributed by atoms with Crippen LogP contribution >= 0.6 is 0 Å². The van der Waals surface area contributed by atoms with Gasteiger partial charge in [-0.05, 0) is 43.7 Å². The molecule has 2 fully saturated rings. The molecule has 1 aliphatic heterocycles. The first-order valence-electron chi connectivity index (χ1n) is 7.82. The second-order valence-corrected chi connectivity index (χ2v) is 6.16. The molecule has 0 radical (unpaired) electrons. The zero-order valence-corrected chi connectivity index (χ0v) is 12.0. The van der Waals surface area contributed by atoms with E-state index >= 15 is 0 Å². The Bertz CT molecular complexity index is 486. The van der Waals surface area contributed by atoms with E-state index in [1.165, 1.54) is 19.3 Å². The minimum absolute atomic E-state index is 0.639. The van der Waals surface area contributed by atoms with Crippen LogP contribution in [0.25, 0.3) is 0 Å². The third-order valence-corrected chi connectivity index (χ3v) is 4.98. The molecule has 0 bridgehead atoms. The summed E-state index contributed by atoms with van der Waals surface area (Å²) in [6, 6.07) is 8.19. The highest BCUT2D eigenvalue weighted by Gasteiger charge is 2.44. The zero-order chi connectivity index (χ0) is 14.0. The van der Waals surface area contributed by atoms with Crippen molar-refractivity contribution < 1.29 is 9.90 Å². The zero-order valence-electron chi connectivity index (χ0n) is 12.0. The first kappa shape index (κ1) is 13.5. The van der Waals surface area contributed by atoms with Gasteiger partial charge in [-0.25, -0.2) is 0 Å². The van der Waals surface area contributed by atoms with Crippen molar-refractivity contribution in [3.05, 3.63) is 29.8 Å². The van der Waals surface area contributed by atoms with Gasteiger partial charge in [-0.1, -0.05) is 31.0 Å². The van der Waals surface area contributed by atoms with Crippen LogP contribution in [0.3, 0.4) is 0 Å². The fraction of sp³-hybridized carbons (Fsp3) is 0.588. The molecule has 1 heterocycles. The van der Waals surface area contributed by atoms with Gasteiger partial charge in [-0.3, -0.25) is 4.79 Å². The van der Waals surface area contributed by atoms with Crippen LogP contribution in [0.2, 0.25) is 0 Å². The number of carboxylic acids is 1. The van der Waals surface area contributed by atoms with Crippen LogP contribution in [0.4, 0.5) is 5.69 Å². The third-order valence-electron chi connectivity index (χ3n) is 4.98. The molecule has 1 saturated carbocycles. The van der Waals surface area contributed by atoms with Gasteiger partial charge in [0.15, 0.2) is 0 Å². The van der Waals surface area contributed by atoms with Crippen molar-refractivity contribution in [2.75, 3.05) is 18.0 Å². The smallest absolute Gasteiger partial charge is 0.314 e. The monoisotopic (exact) mass is 273 g/mol. The fourth-order valence-electron chi connectivity index (χ4n) is 3.87. The molecule has 0 atom stereocenters. The van der Waals surface area contributed by atoms with Gasteiger partial charge in [0.05, 0.1) is 5.41 Å². The number of hydrogen-bond donors (Lipinski definition) is 1. The lowest BCUT2D eigenvalue weighted by Gasteiger charge is -2.35. The van der Waals surface area contributed by atoms with Gasteiger partial charge in [0, 0.05) is 18.8 Å². The van der Waals surface area contributed by atoms with Gasteiger partial charge in [0.25, 0.3) is 0 Å². The molecule has 0 spiro atoms. The highest BCUT2D eigenvalue weighted by atomic mass is 16.4. The normalized spacial score (nSPS) is 21.9. The number of rotatable bonds is 3. The number of carboxylic acid groups (broad SMARTS) is 1. The van der Waals surface area contributed by atoms with E-state index in [1.54, 1.807) is 0 Å². The molecular formula is C17H23NO2. The Balaban J connectivity index is 2.02. The Labute approximate surface area is 120 Å². The molecule has 2 aliphatic rings. The molecule has 0 aromatic heterocycles. The van der Waals surface area contributed by atoms with Crippen molar-refractivity contribution in [2.45, 2.75) is 50.4 Å². The molecule has 1 aromatic carbocycles. The van der Waals surface area contributed by atoms with Gasteiger partial charge < -0.3 is 10.0 Å². The predicted octanol–water partition coefficient (Wildman–Crippen LogP) is 3.57. The number of nitrogens with zero attached hydrogens (tertiary/aromatic N) is 1. The summed E-state index contributed by atoms with van der Waals surface area (Å²) >= 11 is 0. The number of anilines is 1. The number of piperidine rings is 1. The Morgan fingerprint density at radius 2 is 1.65 bits per heavy atom. The molecule has 20 heavy (non-hydrogen) atoms. The molecule has 0 amide bonds. The van der Waals surface area contributed by atoms with E-state index in [2.05, 4.69) is 11.0 Å². The van der Waals surface area contributed by atoms with Crippen LogP contribution in [0.1, 0.15) is 50.5 Å². The average molecular weight is 273 g/mol. The maximum absolute atomic E-state index is 11.9. The van der Waals surface area contributed by atoms with Gasteiger partial charge in [-0.2, -0.15) is 0 Å². The van der Waals surface area contributed by atoms with E-state index in [0.717, 1.165) is 50.0 Å². The summed E-state index contributed by atoms with van der Waals surface area (Å²) < 4.78 is 0. The number of carbonyl (C=O) groups is 1. The molecule has 3 heteroatoms. The standard InChI is InChI=1S/C17H23NO2/c19-16(20)17(10-4-5-11-17)14-8-2-3-9-15(14)18-12-6-1-7-13-18/h2-3,8-9H,1,4-7,10-13H2,(H,19,20).